The zero-order chi connectivity index (χ0) is 13.3. The number of piperidine rings is 1. The molecular formula is C15H21NO2. The summed E-state index contributed by atoms with van der Waals surface area (Å²) in [5.41, 5.74) is 3.26. The summed E-state index contributed by atoms with van der Waals surface area (Å²) in [6.07, 6.45) is 1.44. The van der Waals surface area contributed by atoms with E-state index in [1.807, 2.05) is 6.92 Å². The molecule has 0 aliphatic carbocycles. The van der Waals surface area contributed by atoms with Gasteiger partial charge in [0.25, 0.3) is 0 Å². The molecule has 1 aliphatic rings. The Morgan fingerprint density at radius 2 is 1.83 bits per heavy atom. The molecule has 1 aromatic carbocycles. The highest BCUT2D eigenvalue weighted by Gasteiger charge is 2.36. The molecule has 0 bridgehead atoms. The van der Waals surface area contributed by atoms with Crippen molar-refractivity contribution in [2.45, 2.75) is 33.6 Å². The van der Waals surface area contributed by atoms with E-state index in [2.05, 4.69) is 36.9 Å². The third-order valence-electron chi connectivity index (χ3n) is 4.24. The first-order valence-corrected chi connectivity index (χ1v) is 6.48. The van der Waals surface area contributed by atoms with E-state index in [0.717, 1.165) is 25.9 Å². The molecule has 0 amide bonds. The molecule has 1 fully saturated rings. The summed E-state index contributed by atoms with van der Waals surface area (Å²) < 4.78 is 0. The lowest BCUT2D eigenvalue weighted by Crippen LogP contribution is -2.42. The Morgan fingerprint density at radius 3 is 2.33 bits per heavy atom. The van der Waals surface area contributed by atoms with Gasteiger partial charge in [0.1, 0.15) is 0 Å². The maximum Gasteiger partial charge on any atom is 0.309 e. The van der Waals surface area contributed by atoms with E-state index >= 15 is 0 Å². The fourth-order valence-corrected chi connectivity index (χ4v) is 2.39. The molecule has 0 aromatic heterocycles. The van der Waals surface area contributed by atoms with Gasteiger partial charge in [0, 0.05) is 18.8 Å². The van der Waals surface area contributed by atoms with Crippen LogP contribution in [-0.2, 0) is 4.79 Å². The molecule has 1 N–H and O–H groups in total. The van der Waals surface area contributed by atoms with Gasteiger partial charge in [0.15, 0.2) is 0 Å². The van der Waals surface area contributed by atoms with Crippen molar-refractivity contribution in [3.63, 3.8) is 0 Å². The highest BCUT2D eigenvalue weighted by molar-refractivity contribution is 5.74. The standard InChI is InChI=1S/C15H21NO2/c1-11-4-5-13(10-12(11)2)16-8-6-15(3,7-9-16)14(17)18/h4-5,10H,6-9H2,1-3H3,(H,17,18). The Kier molecular flexibility index (Phi) is 3.33. The van der Waals surface area contributed by atoms with Crippen molar-refractivity contribution in [2.75, 3.05) is 18.0 Å². The van der Waals surface area contributed by atoms with Crippen molar-refractivity contribution in [1.29, 1.82) is 0 Å². The fraction of sp³-hybridized carbons (Fsp3) is 0.533. The molecule has 0 saturated carbocycles. The van der Waals surface area contributed by atoms with E-state index < -0.39 is 11.4 Å². The number of aliphatic carboxylic acids is 1. The number of hydrogen-bond acceptors (Lipinski definition) is 2. The van der Waals surface area contributed by atoms with E-state index in [9.17, 15) is 9.90 Å². The second kappa shape index (κ2) is 4.63. The van der Waals surface area contributed by atoms with Crippen molar-refractivity contribution in [2.24, 2.45) is 5.41 Å². The van der Waals surface area contributed by atoms with Crippen LogP contribution in [0.15, 0.2) is 18.2 Å². The predicted octanol–water partition coefficient (Wildman–Crippen LogP) is 2.99. The van der Waals surface area contributed by atoms with Gasteiger partial charge in [-0.15, -0.1) is 0 Å². The van der Waals surface area contributed by atoms with Gasteiger partial charge >= 0.3 is 5.97 Å². The predicted molar refractivity (Wildman–Crippen MR) is 73.1 cm³/mol. The average molecular weight is 247 g/mol. The summed E-state index contributed by atoms with van der Waals surface area (Å²) >= 11 is 0. The summed E-state index contributed by atoms with van der Waals surface area (Å²) in [6.45, 7) is 7.73. The van der Waals surface area contributed by atoms with Gasteiger partial charge in [0.05, 0.1) is 5.41 Å². The van der Waals surface area contributed by atoms with Crippen molar-refractivity contribution in [3.05, 3.63) is 29.3 Å². The molecule has 0 unspecified atom stereocenters. The van der Waals surface area contributed by atoms with Gasteiger partial charge < -0.3 is 10.0 Å². The number of anilines is 1. The molecule has 0 spiro atoms. The molecule has 1 heterocycles. The van der Waals surface area contributed by atoms with E-state index in [4.69, 9.17) is 0 Å². The van der Waals surface area contributed by atoms with Crippen LogP contribution in [0.3, 0.4) is 0 Å². The smallest absolute Gasteiger partial charge is 0.309 e. The molecular weight excluding hydrogens is 226 g/mol. The Balaban J connectivity index is 2.10. The molecule has 0 atom stereocenters. The molecule has 2 rings (SSSR count). The van der Waals surface area contributed by atoms with E-state index in [1.165, 1.54) is 16.8 Å². The summed E-state index contributed by atoms with van der Waals surface area (Å²) in [7, 11) is 0. The zero-order valence-electron chi connectivity index (χ0n) is 11.4. The minimum atomic E-state index is -0.665. The number of benzene rings is 1. The first-order chi connectivity index (χ1) is 8.42. The third kappa shape index (κ3) is 2.35. The van der Waals surface area contributed by atoms with Crippen molar-refractivity contribution in [1.82, 2.24) is 0 Å². The van der Waals surface area contributed by atoms with Crippen molar-refractivity contribution < 1.29 is 9.90 Å². The highest BCUT2D eigenvalue weighted by atomic mass is 16.4. The number of carboxylic acids is 1. The third-order valence-corrected chi connectivity index (χ3v) is 4.24. The Hall–Kier alpha value is -1.51. The molecule has 0 radical (unpaired) electrons. The van der Waals surface area contributed by atoms with Crippen LogP contribution in [0.5, 0.6) is 0 Å². The van der Waals surface area contributed by atoms with Crippen LogP contribution in [0.2, 0.25) is 0 Å². The van der Waals surface area contributed by atoms with Gasteiger partial charge in [-0.2, -0.15) is 0 Å². The molecule has 1 saturated heterocycles. The van der Waals surface area contributed by atoms with Crippen molar-refractivity contribution >= 4 is 11.7 Å². The van der Waals surface area contributed by atoms with Crippen LogP contribution >= 0.6 is 0 Å². The summed E-state index contributed by atoms with van der Waals surface area (Å²) in [4.78, 5) is 13.5. The Bertz CT molecular complexity index is 460. The minimum Gasteiger partial charge on any atom is -0.481 e. The number of nitrogens with zero attached hydrogens (tertiary/aromatic N) is 1. The largest absolute Gasteiger partial charge is 0.481 e. The number of rotatable bonds is 2. The Morgan fingerprint density at radius 1 is 1.22 bits per heavy atom. The summed E-state index contributed by atoms with van der Waals surface area (Å²) in [5.74, 6) is -0.665. The van der Waals surface area contributed by atoms with Gasteiger partial charge in [-0.3, -0.25) is 4.79 Å². The second-order valence-electron chi connectivity index (χ2n) is 5.62. The quantitative estimate of drug-likeness (QED) is 0.873. The molecule has 18 heavy (non-hydrogen) atoms. The number of aryl methyl sites for hydroxylation is 2. The van der Waals surface area contributed by atoms with E-state index in [-0.39, 0.29) is 0 Å². The number of carbonyl (C=O) groups is 1. The van der Waals surface area contributed by atoms with Crippen LogP contribution in [0.4, 0.5) is 5.69 Å². The van der Waals surface area contributed by atoms with E-state index in [1.54, 1.807) is 0 Å². The number of carboxylic acid groups (broad SMARTS) is 1. The van der Waals surface area contributed by atoms with Crippen LogP contribution in [0, 0.1) is 19.3 Å². The normalized spacial score (nSPS) is 18.7. The fourth-order valence-electron chi connectivity index (χ4n) is 2.39. The molecule has 3 heteroatoms. The topological polar surface area (TPSA) is 40.5 Å². The molecule has 3 nitrogen and oxygen atoms in total. The Labute approximate surface area is 108 Å². The van der Waals surface area contributed by atoms with Gasteiger partial charge in [-0.1, -0.05) is 6.07 Å². The van der Waals surface area contributed by atoms with Crippen LogP contribution in [-0.4, -0.2) is 24.2 Å². The molecule has 1 aliphatic heterocycles. The highest BCUT2D eigenvalue weighted by Crippen LogP contribution is 2.33. The first kappa shape index (κ1) is 12.9. The lowest BCUT2D eigenvalue weighted by Gasteiger charge is -2.37. The van der Waals surface area contributed by atoms with E-state index in [0.29, 0.717) is 0 Å². The van der Waals surface area contributed by atoms with Crippen LogP contribution < -0.4 is 4.90 Å². The monoisotopic (exact) mass is 247 g/mol. The maximum atomic E-state index is 11.2. The van der Waals surface area contributed by atoms with Gasteiger partial charge in [-0.05, 0) is 56.9 Å². The van der Waals surface area contributed by atoms with Gasteiger partial charge in [0.2, 0.25) is 0 Å². The first-order valence-electron chi connectivity index (χ1n) is 6.48. The van der Waals surface area contributed by atoms with Crippen LogP contribution in [0.25, 0.3) is 0 Å². The summed E-state index contributed by atoms with van der Waals surface area (Å²) in [5, 5.41) is 9.22. The number of hydrogen-bond donors (Lipinski definition) is 1. The molecule has 98 valence electrons. The molecule has 1 aromatic rings. The average Bonchev–Trinajstić information content (AvgIpc) is 2.34. The SMILES string of the molecule is Cc1ccc(N2CCC(C)(C(=O)O)CC2)cc1C. The lowest BCUT2D eigenvalue weighted by molar-refractivity contribution is -0.149. The van der Waals surface area contributed by atoms with Gasteiger partial charge in [-0.25, -0.2) is 0 Å². The summed E-state index contributed by atoms with van der Waals surface area (Å²) in [6, 6.07) is 6.46. The van der Waals surface area contributed by atoms with Crippen molar-refractivity contribution in [3.8, 4) is 0 Å². The minimum absolute atomic E-state index is 0.545. The zero-order valence-corrected chi connectivity index (χ0v) is 11.4. The maximum absolute atomic E-state index is 11.2. The second-order valence-corrected chi connectivity index (χ2v) is 5.62. The lowest BCUT2D eigenvalue weighted by atomic mass is 9.80. The van der Waals surface area contributed by atoms with Crippen LogP contribution in [0.1, 0.15) is 30.9 Å².